The molecule has 1 aliphatic rings. The zero-order valence-corrected chi connectivity index (χ0v) is 9.75. The molecular weight excluding hydrogens is 230 g/mol. The summed E-state index contributed by atoms with van der Waals surface area (Å²) in [5, 5.41) is 0. The van der Waals surface area contributed by atoms with E-state index in [-0.39, 0.29) is 11.4 Å². The number of sulfonamides is 1. The minimum absolute atomic E-state index is 0.119. The number of amides is 1. The van der Waals surface area contributed by atoms with Crippen LogP contribution in [0.5, 0.6) is 0 Å². The number of aromatic nitrogens is 2. The predicted octanol–water partition coefficient (Wildman–Crippen LogP) is -0.0912. The number of fused-ring (bicyclic) bond motifs is 1. The lowest BCUT2D eigenvalue weighted by atomic mass is 10.3. The molecule has 0 bridgehead atoms. The molecule has 16 heavy (non-hydrogen) atoms. The highest BCUT2D eigenvalue weighted by Crippen LogP contribution is 2.14. The average molecular weight is 243 g/mol. The predicted molar refractivity (Wildman–Crippen MR) is 57.5 cm³/mol. The molecule has 0 radical (unpaired) electrons. The van der Waals surface area contributed by atoms with Crippen LogP contribution in [-0.2, 0) is 23.0 Å². The summed E-state index contributed by atoms with van der Waals surface area (Å²) >= 11 is 0. The van der Waals surface area contributed by atoms with Crippen molar-refractivity contribution in [1.82, 2.24) is 14.3 Å². The normalized spacial score (nSPS) is 14.8. The lowest BCUT2D eigenvalue weighted by Crippen LogP contribution is -2.32. The maximum absolute atomic E-state index is 11.6. The summed E-state index contributed by atoms with van der Waals surface area (Å²) in [5.74, 6) is 0.0783. The van der Waals surface area contributed by atoms with Gasteiger partial charge in [0.25, 0.3) is 5.91 Å². The zero-order chi connectivity index (χ0) is 11.8. The first kappa shape index (κ1) is 11.1. The first-order valence-corrected chi connectivity index (χ1v) is 6.78. The molecule has 0 aliphatic carbocycles. The van der Waals surface area contributed by atoms with Gasteiger partial charge in [0.2, 0.25) is 10.0 Å². The highest BCUT2D eigenvalue weighted by molar-refractivity contribution is 7.90. The average Bonchev–Trinajstić information content (AvgIpc) is 2.75. The molecule has 0 atom stereocenters. The molecule has 6 nitrogen and oxygen atoms in total. The van der Waals surface area contributed by atoms with Crippen molar-refractivity contribution >= 4 is 15.9 Å². The summed E-state index contributed by atoms with van der Waals surface area (Å²) in [4.78, 5) is 15.7. The second kappa shape index (κ2) is 3.89. The molecule has 1 aliphatic heterocycles. The highest BCUT2D eigenvalue weighted by Gasteiger charge is 2.20. The van der Waals surface area contributed by atoms with Gasteiger partial charge in [-0.25, -0.2) is 18.1 Å². The van der Waals surface area contributed by atoms with E-state index < -0.39 is 15.9 Å². The molecule has 0 aromatic carbocycles. The minimum Gasteiger partial charge on any atom is -0.334 e. The molecule has 1 aromatic rings. The quantitative estimate of drug-likeness (QED) is 0.804. The van der Waals surface area contributed by atoms with E-state index in [9.17, 15) is 13.2 Å². The van der Waals surface area contributed by atoms with Crippen molar-refractivity contribution in [3.63, 3.8) is 0 Å². The Morgan fingerprint density at radius 1 is 1.62 bits per heavy atom. The second-order valence-corrected chi connectivity index (χ2v) is 5.68. The number of imidazole rings is 1. The number of nitrogens with zero attached hydrogens (tertiary/aromatic N) is 2. The van der Waals surface area contributed by atoms with Crippen molar-refractivity contribution in [3.8, 4) is 0 Å². The van der Waals surface area contributed by atoms with Gasteiger partial charge in [0.05, 0.1) is 5.75 Å². The van der Waals surface area contributed by atoms with Gasteiger partial charge < -0.3 is 4.57 Å². The Morgan fingerprint density at radius 2 is 2.38 bits per heavy atom. The van der Waals surface area contributed by atoms with E-state index in [1.54, 1.807) is 6.20 Å². The molecule has 2 heterocycles. The molecule has 1 amide bonds. The fraction of sp³-hybridized carbons (Fsp3) is 0.556. The summed E-state index contributed by atoms with van der Waals surface area (Å²) in [6, 6.07) is 0. The van der Waals surface area contributed by atoms with Gasteiger partial charge >= 0.3 is 0 Å². The molecule has 0 spiro atoms. The van der Waals surface area contributed by atoms with E-state index >= 15 is 0 Å². The second-order valence-electron chi connectivity index (χ2n) is 3.67. The van der Waals surface area contributed by atoms with Crippen molar-refractivity contribution in [3.05, 3.63) is 17.7 Å². The van der Waals surface area contributed by atoms with Crippen LogP contribution in [0.1, 0.15) is 29.7 Å². The fourth-order valence-corrected chi connectivity index (χ4v) is 2.16. The van der Waals surface area contributed by atoms with E-state index in [2.05, 4.69) is 4.98 Å². The number of nitrogens with one attached hydrogen (secondary N) is 1. The summed E-state index contributed by atoms with van der Waals surface area (Å²) in [6.45, 7) is 2.32. The molecule has 0 unspecified atom stereocenters. The van der Waals surface area contributed by atoms with Crippen molar-refractivity contribution in [1.29, 1.82) is 0 Å². The van der Waals surface area contributed by atoms with Crippen LogP contribution in [0, 0.1) is 0 Å². The molecule has 1 aromatic heterocycles. The number of aryl methyl sites for hydroxylation is 2. The Hall–Kier alpha value is -1.37. The van der Waals surface area contributed by atoms with Gasteiger partial charge in [0, 0.05) is 19.2 Å². The van der Waals surface area contributed by atoms with Crippen LogP contribution in [0.4, 0.5) is 0 Å². The first-order chi connectivity index (χ1) is 7.52. The number of carbonyl (C=O) groups excluding carboxylic acids is 1. The summed E-state index contributed by atoms with van der Waals surface area (Å²) in [6.07, 6.45) is 3.47. The van der Waals surface area contributed by atoms with Crippen molar-refractivity contribution < 1.29 is 13.2 Å². The largest absolute Gasteiger partial charge is 0.334 e. The Labute approximate surface area is 93.7 Å². The standard InChI is InChI=1S/C9H13N3O3S/c1-2-16(14,15)11-9(13)7-6-12-5-3-4-8(12)10-7/h6H,2-5H2,1H3,(H,11,13). The van der Waals surface area contributed by atoms with E-state index in [0.29, 0.717) is 0 Å². The Bertz CT molecular complexity index is 497. The van der Waals surface area contributed by atoms with Gasteiger partial charge in [0.1, 0.15) is 11.5 Å². The van der Waals surface area contributed by atoms with Gasteiger partial charge in [-0.3, -0.25) is 4.79 Å². The fourth-order valence-electron chi connectivity index (χ4n) is 1.63. The van der Waals surface area contributed by atoms with Crippen LogP contribution >= 0.6 is 0 Å². The third-order valence-corrected chi connectivity index (χ3v) is 3.78. The monoisotopic (exact) mass is 243 g/mol. The van der Waals surface area contributed by atoms with Gasteiger partial charge in [-0.1, -0.05) is 0 Å². The smallest absolute Gasteiger partial charge is 0.284 e. The van der Waals surface area contributed by atoms with E-state index in [1.165, 1.54) is 6.92 Å². The van der Waals surface area contributed by atoms with Gasteiger partial charge in [-0.2, -0.15) is 0 Å². The highest BCUT2D eigenvalue weighted by atomic mass is 32.2. The van der Waals surface area contributed by atoms with Gasteiger partial charge in [-0.15, -0.1) is 0 Å². The minimum atomic E-state index is -3.51. The number of hydrogen-bond donors (Lipinski definition) is 1. The zero-order valence-electron chi connectivity index (χ0n) is 8.93. The third-order valence-electron chi connectivity index (χ3n) is 2.52. The van der Waals surface area contributed by atoms with Crippen molar-refractivity contribution in [2.45, 2.75) is 26.3 Å². The molecule has 0 saturated heterocycles. The summed E-state index contributed by atoms with van der Waals surface area (Å²) < 4.78 is 26.2. The molecule has 88 valence electrons. The van der Waals surface area contributed by atoms with E-state index in [1.807, 2.05) is 9.29 Å². The third kappa shape index (κ3) is 2.08. The van der Waals surface area contributed by atoms with Gasteiger partial charge in [0.15, 0.2) is 0 Å². The van der Waals surface area contributed by atoms with Crippen LogP contribution < -0.4 is 4.72 Å². The van der Waals surface area contributed by atoms with Crippen LogP contribution in [0.2, 0.25) is 0 Å². The van der Waals surface area contributed by atoms with Crippen LogP contribution in [0.15, 0.2) is 6.20 Å². The van der Waals surface area contributed by atoms with Crippen LogP contribution in [-0.4, -0.2) is 29.6 Å². The summed E-state index contributed by atoms with van der Waals surface area (Å²) in [5.41, 5.74) is 0.173. The molecule has 7 heteroatoms. The lowest BCUT2D eigenvalue weighted by Gasteiger charge is -2.01. The maximum Gasteiger partial charge on any atom is 0.284 e. The number of rotatable bonds is 3. The molecule has 0 saturated carbocycles. The molecule has 1 N–H and O–H groups in total. The Morgan fingerprint density at radius 3 is 3.00 bits per heavy atom. The Kier molecular flexibility index (Phi) is 2.71. The SMILES string of the molecule is CCS(=O)(=O)NC(=O)c1cn2c(n1)CCC2. The Balaban J connectivity index is 2.16. The van der Waals surface area contributed by atoms with E-state index in [4.69, 9.17) is 0 Å². The topological polar surface area (TPSA) is 81.1 Å². The number of hydrogen-bond acceptors (Lipinski definition) is 4. The molecule has 2 rings (SSSR count). The van der Waals surface area contributed by atoms with Crippen molar-refractivity contribution in [2.75, 3.05) is 5.75 Å². The maximum atomic E-state index is 11.6. The molecule has 0 fully saturated rings. The van der Waals surface area contributed by atoms with Gasteiger partial charge in [-0.05, 0) is 13.3 Å². The van der Waals surface area contributed by atoms with Crippen LogP contribution in [0.3, 0.4) is 0 Å². The lowest BCUT2D eigenvalue weighted by molar-refractivity contribution is 0.0977. The summed E-state index contributed by atoms with van der Waals surface area (Å²) in [7, 11) is -3.51. The van der Waals surface area contributed by atoms with E-state index in [0.717, 1.165) is 25.2 Å². The van der Waals surface area contributed by atoms with Crippen molar-refractivity contribution in [2.24, 2.45) is 0 Å². The van der Waals surface area contributed by atoms with Crippen LogP contribution in [0.25, 0.3) is 0 Å². The number of carbonyl (C=O) groups is 1. The first-order valence-electron chi connectivity index (χ1n) is 5.12. The molecular formula is C9H13N3O3S.